The van der Waals surface area contributed by atoms with Crippen molar-refractivity contribution in [2.75, 3.05) is 52.4 Å². The molecule has 0 unspecified atom stereocenters. The first-order valence-corrected chi connectivity index (χ1v) is 18.7. The van der Waals surface area contributed by atoms with E-state index in [2.05, 4.69) is 20.4 Å². The third kappa shape index (κ3) is 7.43. The van der Waals surface area contributed by atoms with Gasteiger partial charge in [-0.1, -0.05) is 48.5 Å². The van der Waals surface area contributed by atoms with E-state index < -0.39 is 35.3 Å². The number of hydrogen-bond acceptors (Lipinski definition) is 8. The Labute approximate surface area is 328 Å². The van der Waals surface area contributed by atoms with E-state index in [9.17, 15) is 28.8 Å². The van der Waals surface area contributed by atoms with E-state index in [1.807, 2.05) is 0 Å². The number of benzene rings is 4. The van der Waals surface area contributed by atoms with Crippen LogP contribution >= 0.6 is 0 Å². The van der Waals surface area contributed by atoms with E-state index in [4.69, 9.17) is 0 Å². The molecule has 0 aliphatic carbocycles. The van der Waals surface area contributed by atoms with Gasteiger partial charge < -0.3 is 19.6 Å². The van der Waals surface area contributed by atoms with Crippen LogP contribution in [0.15, 0.2) is 94.5 Å². The molecule has 0 bridgehead atoms. The average molecular weight is 787 g/mol. The average Bonchev–Trinajstić information content (AvgIpc) is 3.26. The molecule has 2 fully saturated rings. The van der Waals surface area contributed by atoms with Crippen molar-refractivity contribution in [2.24, 2.45) is 0 Å². The largest absolute Gasteiger partial charge is 0.335 e. The number of halogens is 2. The molecule has 2 aliphatic rings. The lowest BCUT2D eigenvalue weighted by Crippen LogP contribution is -2.57. The Morgan fingerprint density at radius 1 is 0.500 bits per heavy atom. The van der Waals surface area contributed by atoms with Crippen LogP contribution in [0.1, 0.15) is 43.2 Å². The van der Waals surface area contributed by atoms with Gasteiger partial charge in [0, 0.05) is 76.0 Å². The van der Waals surface area contributed by atoms with Crippen molar-refractivity contribution in [3.63, 3.8) is 0 Å². The van der Waals surface area contributed by atoms with Crippen molar-refractivity contribution < 1.29 is 28.0 Å². The van der Waals surface area contributed by atoms with Crippen LogP contribution in [0.5, 0.6) is 0 Å². The van der Waals surface area contributed by atoms with Crippen molar-refractivity contribution in [3.8, 4) is 0 Å². The van der Waals surface area contributed by atoms with Gasteiger partial charge in [-0.25, -0.2) is 19.0 Å². The lowest BCUT2D eigenvalue weighted by Gasteiger charge is -2.37. The van der Waals surface area contributed by atoms with Gasteiger partial charge in [-0.2, -0.15) is 10.2 Å². The molecule has 0 radical (unpaired) electrons. The Balaban J connectivity index is 0.853. The lowest BCUT2D eigenvalue weighted by atomic mass is 10.0. The zero-order chi connectivity index (χ0) is 40.5. The fraction of sp³-hybridized carbons (Fsp3) is 0.238. The number of rotatable bonds is 6. The first-order chi connectivity index (χ1) is 28.0. The van der Waals surface area contributed by atoms with Crippen molar-refractivity contribution in [1.82, 2.24) is 40.0 Å². The van der Waals surface area contributed by atoms with E-state index in [-0.39, 0.29) is 87.4 Å². The van der Waals surface area contributed by atoms with Crippen LogP contribution < -0.4 is 11.1 Å². The highest BCUT2D eigenvalue weighted by atomic mass is 19.1. The summed E-state index contributed by atoms with van der Waals surface area (Å²) in [6, 6.07) is 22.5. The van der Waals surface area contributed by atoms with Gasteiger partial charge in [0.05, 0.1) is 33.3 Å². The second-order valence-electron chi connectivity index (χ2n) is 14.2. The molecule has 58 heavy (non-hydrogen) atoms. The summed E-state index contributed by atoms with van der Waals surface area (Å²) in [5, 5.41) is 15.6. The van der Waals surface area contributed by atoms with Gasteiger partial charge in [0.2, 0.25) is 0 Å². The number of amides is 4. The van der Waals surface area contributed by atoms with Crippen molar-refractivity contribution >= 4 is 45.2 Å². The van der Waals surface area contributed by atoms with Crippen LogP contribution in [0.3, 0.4) is 0 Å². The number of carbonyl (C=O) groups is 4. The lowest BCUT2D eigenvalue weighted by molar-refractivity contribution is -0.153. The molecule has 4 amide bonds. The molecule has 2 aromatic heterocycles. The molecule has 0 saturated carbocycles. The van der Waals surface area contributed by atoms with E-state index in [0.717, 1.165) is 0 Å². The highest BCUT2D eigenvalue weighted by Gasteiger charge is 2.34. The molecule has 2 saturated heterocycles. The number of nitrogens with zero attached hydrogens (tertiary/aromatic N) is 6. The molecule has 16 heteroatoms. The van der Waals surface area contributed by atoms with Crippen LogP contribution in [-0.2, 0) is 22.4 Å². The highest BCUT2D eigenvalue weighted by Crippen LogP contribution is 2.22. The zero-order valence-electron chi connectivity index (χ0n) is 31.0. The molecule has 6 aromatic rings. The number of aromatic amines is 2. The maximum atomic E-state index is 15.0. The van der Waals surface area contributed by atoms with Gasteiger partial charge in [-0.3, -0.25) is 28.8 Å². The molecule has 0 spiro atoms. The number of fused-ring (bicyclic) bond motifs is 2. The van der Waals surface area contributed by atoms with Gasteiger partial charge >= 0.3 is 11.8 Å². The molecule has 14 nitrogen and oxygen atoms in total. The van der Waals surface area contributed by atoms with Gasteiger partial charge in [-0.15, -0.1) is 0 Å². The minimum Gasteiger partial charge on any atom is -0.335 e. The normalized spacial score (nSPS) is 14.6. The number of carbonyl (C=O) groups excluding carboxylic acids is 4. The topological polar surface area (TPSA) is 173 Å². The fourth-order valence-corrected chi connectivity index (χ4v) is 7.53. The Kier molecular flexibility index (Phi) is 10.3. The summed E-state index contributed by atoms with van der Waals surface area (Å²) in [7, 11) is 0. The molecule has 294 valence electrons. The predicted molar refractivity (Wildman–Crippen MR) is 208 cm³/mol. The molecule has 4 aromatic carbocycles. The molecular formula is C42H36F2N8O6. The van der Waals surface area contributed by atoms with E-state index in [1.165, 1.54) is 43.9 Å². The van der Waals surface area contributed by atoms with Gasteiger partial charge in [0.25, 0.3) is 22.9 Å². The van der Waals surface area contributed by atoms with Gasteiger partial charge in [-0.05, 0) is 47.5 Å². The van der Waals surface area contributed by atoms with Crippen LogP contribution in [0.4, 0.5) is 8.78 Å². The van der Waals surface area contributed by atoms with Gasteiger partial charge in [0.15, 0.2) is 0 Å². The molecule has 2 N–H and O–H groups in total. The number of H-pyrrole nitrogens is 2. The minimum atomic E-state index is -0.747. The van der Waals surface area contributed by atoms with Crippen LogP contribution in [-0.4, -0.2) is 116 Å². The summed E-state index contributed by atoms with van der Waals surface area (Å²) in [5.74, 6) is -4.01. The van der Waals surface area contributed by atoms with E-state index >= 15 is 8.78 Å². The summed E-state index contributed by atoms with van der Waals surface area (Å²) in [6.07, 6.45) is 0.480. The van der Waals surface area contributed by atoms with E-state index in [1.54, 1.807) is 60.7 Å². The van der Waals surface area contributed by atoms with Crippen LogP contribution in [0.25, 0.3) is 21.5 Å². The Bertz CT molecular complexity index is 2550. The third-order valence-corrected chi connectivity index (χ3v) is 10.7. The number of hydrogen-bond donors (Lipinski definition) is 2. The van der Waals surface area contributed by atoms with Crippen LogP contribution in [0.2, 0.25) is 0 Å². The quantitative estimate of drug-likeness (QED) is 0.243. The number of aromatic nitrogens is 4. The summed E-state index contributed by atoms with van der Waals surface area (Å²) in [4.78, 5) is 83.5. The van der Waals surface area contributed by atoms with Crippen molar-refractivity contribution in [1.29, 1.82) is 0 Å². The SMILES string of the molecule is O=C(C(=O)N1CCN(C(=O)c2cc(Cc3n[nH]c(=O)c4ccccc34)ccc2F)CC1)N1CCN(C(=O)c2cc(Cc3n[nH]c(=O)c4ccccc34)ccc2F)CC1. The number of nitrogens with one attached hydrogen (secondary N) is 2. The van der Waals surface area contributed by atoms with Gasteiger partial charge in [0.1, 0.15) is 11.6 Å². The summed E-state index contributed by atoms with van der Waals surface area (Å²) in [6.45, 7) is 0.549. The standard InChI is InChI=1S/C42H36F2N8O6/c43-33-11-9-25(23-35-27-5-1-3-7-29(27)37(53)47-45-35)21-31(33)39(55)49-13-17-51(18-14-49)41(57)42(58)52-19-15-50(16-20-52)40(56)32-22-26(10-12-34(32)44)24-36-28-6-2-4-8-30(28)38(54)48-46-36/h1-12,21-22H,13-20,23-24H2,(H,47,53)(H,48,54). The smallest absolute Gasteiger partial charge is 0.312 e. The van der Waals surface area contributed by atoms with Crippen LogP contribution in [0, 0.1) is 11.6 Å². The Morgan fingerprint density at radius 2 is 0.845 bits per heavy atom. The molecular weight excluding hydrogens is 751 g/mol. The summed E-state index contributed by atoms with van der Waals surface area (Å²) in [5.41, 5.74) is 1.43. The second kappa shape index (κ2) is 15.8. The molecule has 2 aliphatic heterocycles. The highest BCUT2D eigenvalue weighted by molar-refractivity contribution is 6.35. The number of piperazine rings is 2. The maximum absolute atomic E-state index is 15.0. The zero-order valence-corrected chi connectivity index (χ0v) is 31.0. The fourth-order valence-electron chi connectivity index (χ4n) is 7.53. The Morgan fingerprint density at radius 3 is 1.22 bits per heavy atom. The predicted octanol–water partition coefficient (Wildman–Crippen LogP) is 2.89. The first-order valence-electron chi connectivity index (χ1n) is 18.7. The first kappa shape index (κ1) is 37.8. The Hall–Kier alpha value is -7.10. The van der Waals surface area contributed by atoms with Crippen molar-refractivity contribution in [3.05, 3.63) is 151 Å². The minimum absolute atomic E-state index is 0.0589. The molecule has 8 rings (SSSR count). The van der Waals surface area contributed by atoms with Crippen molar-refractivity contribution in [2.45, 2.75) is 12.8 Å². The molecule has 0 atom stereocenters. The van der Waals surface area contributed by atoms with E-state index in [0.29, 0.717) is 44.1 Å². The molecule has 4 heterocycles. The monoisotopic (exact) mass is 786 g/mol. The summed E-state index contributed by atoms with van der Waals surface area (Å²) < 4.78 is 30.0. The summed E-state index contributed by atoms with van der Waals surface area (Å²) >= 11 is 0. The maximum Gasteiger partial charge on any atom is 0.312 e. The third-order valence-electron chi connectivity index (χ3n) is 10.7. The second-order valence-corrected chi connectivity index (χ2v) is 14.2.